The summed E-state index contributed by atoms with van der Waals surface area (Å²) < 4.78 is 10.8. The monoisotopic (exact) mass is 310 g/mol. The zero-order valence-electron chi connectivity index (χ0n) is 11.2. The Bertz CT molecular complexity index is 553. The molecule has 0 radical (unpaired) electrons. The Labute approximate surface area is 129 Å². The Kier molecular flexibility index (Phi) is 5.72. The standard InChI is InChI=1S/C16H16Cl2O2/c1-19-9-8-12-2-5-14(6-3-12)20-16-7-4-13(11-17)10-15(16)18/h2-7,10H,8-9,11H2,1H3. The van der Waals surface area contributed by atoms with Gasteiger partial charge < -0.3 is 9.47 Å². The van der Waals surface area contributed by atoms with Crippen molar-refractivity contribution in [1.82, 2.24) is 0 Å². The van der Waals surface area contributed by atoms with Crippen molar-refractivity contribution in [3.05, 3.63) is 58.6 Å². The average molecular weight is 311 g/mol. The van der Waals surface area contributed by atoms with E-state index in [2.05, 4.69) is 0 Å². The molecule has 4 heteroatoms. The van der Waals surface area contributed by atoms with Crippen LogP contribution in [0.5, 0.6) is 11.5 Å². The van der Waals surface area contributed by atoms with Gasteiger partial charge in [0.2, 0.25) is 0 Å². The van der Waals surface area contributed by atoms with Crippen LogP contribution in [0.15, 0.2) is 42.5 Å². The first-order valence-electron chi connectivity index (χ1n) is 6.33. The highest BCUT2D eigenvalue weighted by Crippen LogP contribution is 2.30. The molecule has 0 unspecified atom stereocenters. The number of hydrogen-bond acceptors (Lipinski definition) is 2. The molecule has 2 nitrogen and oxygen atoms in total. The highest BCUT2D eigenvalue weighted by atomic mass is 35.5. The Morgan fingerprint density at radius 1 is 1.00 bits per heavy atom. The maximum Gasteiger partial charge on any atom is 0.146 e. The lowest BCUT2D eigenvalue weighted by molar-refractivity contribution is 0.202. The van der Waals surface area contributed by atoms with E-state index < -0.39 is 0 Å². The van der Waals surface area contributed by atoms with E-state index in [4.69, 9.17) is 32.7 Å². The maximum atomic E-state index is 6.16. The van der Waals surface area contributed by atoms with Gasteiger partial charge in [-0.3, -0.25) is 0 Å². The highest BCUT2D eigenvalue weighted by molar-refractivity contribution is 6.32. The second-order valence-electron chi connectivity index (χ2n) is 4.39. The predicted molar refractivity (Wildman–Crippen MR) is 83.1 cm³/mol. The van der Waals surface area contributed by atoms with E-state index in [1.165, 1.54) is 5.56 Å². The van der Waals surface area contributed by atoms with Crippen molar-refractivity contribution in [3.8, 4) is 11.5 Å². The summed E-state index contributed by atoms with van der Waals surface area (Å²) in [6, 6.07) is 13.5. The zero-order valence-corrected chi connectivity index (χ0v) is 12.7. The first kappa shape index (κ1) is 15.2. The second kappa shape index (κ2) is 7.53. The number of ether oxygens (including phenoxy) is 2. The lowest BCUT2D eigenvalue weighted by atomic mass is 10.1. The molecule has 0 bridgehead atoms. The third-order valence-corrected chi connectivity index (χ3v) is 3.50. The third-order valence-electron chi connectivity index (χ3n) is 2.90. The Hall–Kier alpha value is -1.22. The van der Waals surface area contributed by atoms with Crippen LogP contribution >= 0.6 is 23.2 Å². The van der Waals surface area contributed by atoms with Gasteiger partial charge in [-0.15, -0.1) is 11.6 Å². The molecule has 0 atom stereocenters. The van der Waals surface area contributed by atoms with E-state index in [0.29, 0.717) is 23.3 Å². The summed E-state index contributed by atoms with van der Waals surface area (Å²) in [5.74, 6) is 1.82. The summed E-state index contributed by atoms with van der Waals surface area (Å²) in [4.78, 5) is 0. The molecule has 0 amide bonds. The fourth-order valence-corrected chi connectivity index (χ4v) is 2.19. The van der Waals surface area contributed by atoms with Crippen molar-refractivity contribution in [2.24, 2.45) is 0 Å². The van der Waals surface area contributed by atoms with Gasteiger partial charge in [0.25, 0.3) is 0 Å². The minimum atomic E-state index is 0.439. The van der Waals surface area contributed by atoms with Crippen molar-refractivity contribution in [1.29, 1.82) is 0 Å². The van der Waals surface area contributed by atoms with Crippen LogP contribution in [0.3, 0.4) is 0 Å². The van der Waals surface area contributed by atoms with Gasteiger partial charge in [-0.1, -0.05) is 29.8 Å². The Morgan fingerprint density at radius 3 is 2.30 bits per heavy atom. The average Bonchev–Trinajstić information content (AvgIpc) is 2.48. The summed E-state index contributed by atoms with van der Waals surface area (Å²) in [7, 11) is 1.70. The SMILES string of the molecule is COCCc1ccc(Oc2ccc(CCl)cc2Cl)cc1. The van der Waals surface area contributed by atoms with E-state index in [1.807, 2.05) is 42.5 Å². The summed E-state index contributed by atoms with van der Waals surface area (Å²) in [5.41, 5.74) is 2.18. The van der Waals surface area contributed by atoms with Gasteiger partial charge in [0.1, 0.15) is 11.5 Å². The number of methoxy groups -OCH3 is 1. The number of benzene rings is 2. The Balaban J connectivity index is 2.06. The molecule has 0 aliphatic heterocycles. The van der Waals surface area contributed by atoms with Crippen molar-refractivity contribution >= 4 is 23.2 Å². The van der Waals surface area contributed by atoms with Crippen LogP contribution in [-0.2, 0) is 17.0 Å². The smallest absolute Gasteiger partial charge is 0.146 e. The number of alkyl halides is 1. The van der Waals surface area contributed by atoms with Crippen molar-refractivity contribution < 1.29 is 9.47 Å². The van der Waals surface area contributed by atoms with Gasteiger partial charge in [-0.2, -0.15) is 0 Å². The van der Waals surface area contributed by atoms with Gasteiger partial charge >= 0.3 is 0 Å². The van der Waals surface area contributed by atoms with Crippen LogP contribution < -0.4 is 4.74 Å². The molecule has 0 aliphatic rings. The van der Waals surface area contributed by atoms with E-state index in [-0.39, 0.29) is 0 Å². The topological polar surface area (TPSA) is 18.5 Å². The molecule has 0 heterocycles. The molecule has 0 fully saturated rings. The second-order valence-corrected chi connectivity index (χ2v) is 5.06. The van der Waals surface area contributed by atoms with Crippen LogP contribution in [0.1, 0.15) is 11.1 Å². The lowest BCUT2D eigenvalue weighted by Crippen LogP contribution is -1.94. The fraction of sp³-hybridized carbons (Fsp3) is 0.250. The molecule has 0 aliphatic carbocycles. The van der Waals surface area contributed by atoms with Gasteiger partial charge in [0.15, 0.2) is 0 Å². The summed E-state index contributed by atoms with van der Waals surface area (Å²) in [5, 5.41) is 0.562. The molecule has 0 N–H and O–H groups in total. The molecule has 106 valence electrons. The van der Waals surface area contributed by atoms with Crippen LogP contribution in [0.2, 0.25) is 5.02 Å². The number of hydrogen-bond donors (Lipinski definition) is 0. The molecule has 0 saturated heterocycles. The predicted octanol–water partition coefficient (Wildman–Crippen LogP) is 5.06. The molecule has 0 saturated carbocycles. The molecule has 20 heavy (non-hydrogen) atoms. The quantitative estimate of drug-likeness (QED) is 0.694. The zero-order chi connectivity index (χ0) is 14.4. The van der Waals surface area contributed by atoms with Crippen LogP contribution in [0.25, 0.3) is 0 Å². The minimum Gasteiger partial charge on any atom is -0.456 e. The summed E-state index contributed by atoms with van der Waals surface area (Å²) >= 11 is 11.9. The molecule has 2 aromatic rings. The molecular formula is C16H16Cl2O2. The van der Waals surface area contributed by atoms with E-state index >= 15 is 0 Å². The number of halogens is 2. The van der Waals surface area contributed by atoms with Gasteiger partial charge in [0.05, 0.1) is 11.6 Å². The van der Waals surface area contributed by atoms with Gasteiger partial charge in [0, 0.05) is 13.0 Å². The van der Waals surface area contributed by atoms with Crippen LogP contribution in [-0.4, -0.2) is 13.7 Å². The molecular weight excluding hydrogens is 295 g/mol. The van der Waals surface area contributed by atoms with E-state index in [9.17, 15) is 0 Å². The van der Waals surface area contributed by atoms with Gasteiger partial charge in [-0.05, 0) is 41.8 Å². The summed E-state index contributed by atoms with van der Waals surface area (Å²) in [6.45, 7) is 0.714. The largest absolute Gasteiger partial charge is 0.456 e. The van der Waals surface area contributed by atoms with E-state index in [1.54, 1.807) is 7.11 Å². The first-order chi connectivity index (χ1) is 9.72. The molecule has 0 aromatic heterocycles. The highest BCUT2D eigenvalue weighted by Gasteiger charge is 2.04. The summed E-state index contributed by atoms with van der Waals surface area (Å²) in [6.07, 6.45) is 0.891. The lowest BCUT2D eigenvalue weighted by Gasteiger charge is -2.09. The molecule has 2 aromatic carbocycles. The van der Waals surface area contributed by atoms with Crippen LogP contribution in [0.4, 0.5) is 0 Å². The first-order valence-corrected chi connectivity index (χ1v) is 7.24. The Morgan fingerprint density at radius 2 is 1.70 bits per heavy atom. The normalized spacial score (nSPS) is 10.6. The number of rotatable bonds is 6. The third kappa shape index (κ3) is 4.14. The van der Waals surface area contributed by atoms with Gasteiger partial charge in [-0.25, -0.2) is 0 Å². The van der Waals surface area contributed by atoms with Crippen molar-refractivity contribution in [2.45, 2.75) is 12.3 Å². The minimum absolute atomic E-state index is 0.439. The maximum absolute atomic E-state index is 6.16. The molecule has 2 rings (SSSR count). The van der Waals surface area contributed by atoms with E-state index in [0.717, 1.165) is 17.7 Å². The molecule has 0 spiro atoms. The fourth-order valence-electron chi connectivity index (χ4n) is 1.78. The van der Waals surface area contributed by atoms with Crippen molar-refractivity contribution in [2.75, 3.05) is 13.7 Å². The van der Waals surface area contributed by atoms with Crippen LogP contribution in [0, 0.1) is 0 Å². The van der Waals surface area contributed by atoms with Crippen molar-refractivity contribution in [3.63, 3.8) is 0 Å².